The molecule has 0 fully saturated rings. The standard InChI is InChI=1S/C16H12BO2.C16H11Br.C3H9BO3/c18-17-19-14-9-7-12-5-4-10-2-1-3-11-6-8-13(14)16(12)15(10)11;17-14-9-7-12-5-4-10-2-1-3-11-6-8-13(14)16(12)15(10)11;1-5-4(6-2)7-3/h1-2,4-7,9,18H,3,8H2;1-2,4-7,9H,3,8H2;1-3H3. The first-order chi connectivity index (χ1) is 21.1. The molecule has 0 saturated carbocycles. The van der Waals surface area contributed by atoms with Gasteiger partial charge in [0.2, 0.25) is 0 Å². The monoisotopic (exact) mass is 633 g/mol. The minimum Gasteiger partial charge on any atom is -0.537 e. The number of benzene rings is 4. The topological polar surface area (TPSA) is 57.2 Å². The van der Waals surface area contributed by atoms with E-state index in [-0.39, 0.29) is 0 Å². The first-order valence-corrected chi connectivity index (χ1v) is 15.1. The van der Waals surface area contributed by atoms with E-state index in [1.165, 1.54) is 91.9 Å². The Morgan fingerprint density at radius 1 is 0.674 bits per heavy atom. The second-order valence-corrected chi connectivity index (χ2v) is 11.5. The highest BCUT2D eigenvalue weighted by Gasteiger charge is 2.22. The van der Waals surface area contributed by atoms with Crippen LogP contribution in [0.2, 0.25) is 0 Å². The summed E-state index contributed by atoms with van der Waals surface area (Å²) in [5.74, 6) is 0.744. The molecule has 0 spiro atoms. The van der Waals surface area contributed by atoms with Crippen LogP contribution >= 0.6 is 15.9 Å². The van der Waals surface area contributed by atoms with Crippen molar-refractivity contribution >= 4 is 75.8 Å². The average molecular weight is 634 g/mol. The third-order valence-electron chi connectivity index (χ3n) is 8.33. The van der Waals surface area contributed by atoms with Gasteiger partial charge in [-0.15, -0.1) is 0 Å². The van der Waals surface area contributed by atoms with Crippen molar-refractivity contribution in [2.75, 3.05) is 21.3 Å². The summed E-state index contributed by atoms with van der Waals surface area (Å²) in [6.45, 7) is 0. The molecule has 0 aliphatic heterocycles. The van der Waals surface area contributed by atoms with E-state index in [4.69, 9.17) is 9.68 Å². The van der Waals surface area contributed by atoms with E-state index in [0.717, 1.165) is 39.1 Å². The van der Waals surface area contributed by atoms with Crippen molar-refractivity contribution in [2.45, 2.75) is 25.7 Å². The lowest BCUT2D eigenvalue weighted by Gasteiger charge is -2.24. The summed E-state index contributed by atoms with van der Waals surface area (Å²) in [6, 6.07) is 17.2. The smallest absolute Gasteiger partial charge is 0.537 e. The summed E-state index contributed by atoms with van der Waals surface area (Å²) >= 11 is 3.68. The fourth-order valence-corrected chi connectivity index (χ4v) is 6.94. The van der Waals surface area contributed by atoms with E-state index in [9.17, 15) is 0 Å². The summed E-state index contributed by atoms with van der Waals surface area (Å²) in [5, 5.41) is 14.2. The minimum absolute atomic E-state index is 0.514. The molecule has 0 amide bonds. The maximum absolute atomic E-state index is 8.89. The zero-order valence-corrected chi connectivity index (χ0v) is 26.1. The molecule has 4 aromatic carbocycles. The van der Waals surface area contributed by atoms with Gasteiger partial charge in [-0.1, -0.05) is 88.8 Å². The highest BCUT2D eigenvalue weighted by atomic mass is 79.9. The lowest BCUT2D eigenvalue weighted by atomic mass is 9.81. The largest absolute Gasteiger partial charge is 0.638 e. The van der Waals surface area contributed by atoms with Gasteiger partial charge in [0, 0.05) is 31.4 Å². The molecule has 4 aromatic rings. The van der Waals surface area contributed by atoms with Crippen LogP contribution in [0.5, 0.6) is 5.75 Å². The van der Waals surface area contributed by atoms with E-state index in [1.54, 1.807) is 0 Å². The van der Waals surface area contributed by atoms with Gasteiger partial charge < -0.3 is 23.6 Å². The van der Waals surface area contributed by atoms with Crippen molar-refractivity contribution in [1.29, 1.82) is 0 Å². The Morgan fingerprint density at radius 3 is 1.72 bits per heavy atom. The summed E-state index contributed by atoms with van der Waals surface area (Å²) in [4.78, 5) is 0. The first-order valence-electron chi connectivity index (χ1n) is 14.3. The van der Waals surface area contributed by atoms with Crippen LogP contribution < -0.4 is 4.65 Å². The number of halogens is 1. The third kappa shape index (κ3) is 5.66. The highest BCUT2D eigenvalue weighted by Crippen LogP contribution is 2.44. The van der Waals surface area contributed by atoms with Gasteiger partial charge in [0.15, 0.2) is 0 Å². The quantitative estimate of drug-likeness (QED) is 0.226. The lowest BCUT2D eigenvalue weighted by molar-refractivity contribution is 0.163. The van der Waals surface area contributed by atoms with Crippen LogP contribution in [-0.4, -0.2) is 41.4 Å². The predicted octanol–water partition coefficient (Wildman–Crippen LogP) is 7.97. The fourth-order valence-electron chi connectivity index (χ4n) is 6.45. The van der Waals surface area contributed by atoms with Crippen LogP contribution in [0.4, 0.5) is 0 Å². The maximum Gasteiger partial charge on any atom is 0.638 e. The van der Waals surface area contributed by atoms with Crippen LogP contribution in [0.25, 0.3) is 44.8 Å². The molecule has 0 aromatic heterocycles. The van der Waals surface area contributed by atoms with Crippen molar-refractivity contribution in [2.24, 2.45) is 0 Å². The van der Waals surface area contributed by atoms with E-state index < -0.39 is 7.32 Å². The highest BCUT2D eigenvalue weighted by molar-refractivity contribution is 9.10. The van der Waals surface area contributed by atoms with Crippen LogP contribution in [0, 0.1) is 0 Å². The second kappa shape index (κ2) is 13.1. The Balaban J connectivity index is 0.000000127. The van der Waals surface area contributed by atoms with Crippen molar-refractivity contribution in [3.8, 4) is 5.75 Å². The molecule has 215 valence electrons. The first kappa shape index (κ1) is 29.7. The average Bonchev–Trinajstić information content (AvgIpc) is 3.05. The third-order valence-corrected chi connectivity index (χ3v) is 9.07. The molecule has 5 nitrogen and oxygen atoms in total. The minimum atomic E-state index is -0.514. The summed E-state index contributed by atoms with van der Waals surface area (Å²) in [5.41, 5.74) is 11.0. The van der Waals surface area contributed by atoms with E-state index in [1.807, 2.05) is 6.07 Å². The van der Waals surface area contributed by atoms with Crippen LogP contribution in [0.3, 0.4) is 0 Å². The SMILES string of the molecule is Brc1ccc2ccc3c4c2c1CC=C4CC=C3.COB(OC)OC.O[B]Oc1ccc2ccc3c4c2c1CC=C4CC=C3. The number of hydrogen-bond donors (Lipinski definition) is 1. The Bertz CT molecular complexity index is 1820. The van der Waals surface area contributed by atoms with Crippen LogP contribution in [-0.2, 0) is 26.8 Å². The van der Waals surface area contributed by atoms with Gasteiger partial charge in [-0.05, 0) is 98.3 Å². The Kier molecular flexibility index (Phi) is 9.03. The van der Waals surface area contributed by atoms with Gasteiger partial charge in [0.05, 0.1) is 0 Å². The Hall–Kier alpha value is -3.39. The maximum atomic E-state index is 8.89. The van der Waals surface area contributed by atoms with Gasteiger partial charge in [0.25, 0.3) is 0 Å². The van der Waals surface area contributed by atoms with Crippen molar-refractivity contribution in [1.82, 2.24) is 0 Å². The Labute approximate surface area is 262 Å². The van der Waals surface area contributed by atoms with Crippen LogP contribution in [0.15, 0.2) is 77.3 Å². The summed E-state index contributed by atoms with van der Waals surface area (Å²) < 4.78 is 20.3. The van der Waals surface area contributed by atoms with Crippen molar-refractivity contribution in [3.05, 3.63) is 111 Å². The molecule has 1 radical (unpaired) electrons. The molecule has 1 N–H and O–H groups in total. The molecule has 0 bridgehead atoms. The summed E-state index contributed by atoms with van der Waals surface area (Å²) in [6.07, 6.45) is 17.6. The molecular formula is C35H32B2BrO5. The molecule has 4 aliphatic rings. The number of hydrogen-bond acceptors (Lipinski definition) is 5. The molecular weight excluding hydrogens is 602 g/mol. The Morgan fingerprint density at radius 2 is 1.19 bits per heavy atom. The van der Waals surface area contributed by atoms with E-state index in [2.05, 4.69) is 109 Å². The molecule has 0 unspecified atom stereocenters. The van der Waals surface area contributed by atoms with Gasteiger partial charge in [-0.25, -0.2) is 0 Å². The van der Waals surface area contributed by atoms with Crippen molar-refractivity contribution in [3.63, 3.8) is 0 Å². The normalized spacial score (nSPS) is 14.6. The molecule has 43 heavy (non-hydrogen) atoms. The van der Waals surface area contributed by atoms with E-state index in [0.29, 0.717) is 0 Å². The van der Waals surface area contributed by atoms with Gasteiger partial charge in [-0.2, -0.15) is 0 Å². The van der Waals surface area contributed by atoms with Gasteiger partial charge in [-0.3, -0.25) is 0 Å². The molecule has 8 rings (SSSR count). The molecule has 0 heterocycles. The zero-order chi connectivity index (χ0) is 29.9. The van der Waals surface area contributed by atoms with Gasteiger partial charge >= 0.3 is 15.0 Å². The fraction of sp³-hybridized carbons (Fsp3) is 0.200. The second-order valence-electron chi connectivity index (χ2n) is 10.6. The number of rotatable bonds is 5. The predicted molar refractivity (Wildman–Crippen MR) is 182 cm³/mol. The zero-order valence-electron chi connectivity index (χ0n) is 24.5. The van der Waals surface area contributed by atoms with Crippen molar-refractivity contribution < 1.29 is 23.6 Å². The lowest BCUT2D eigenvalue weighted by Crippen LogP contribution is -2.21. The molecule has 0 saturated heterocycles. The molecule has 4 aliphatic carbocycles. The number of allylic oxidation sites excluding steroid dienone is 6. The molecule has 8 heteroatoms. The van der Waals surface area contributed by atoms with Crippen LogP contribution in [0.1, 0.15) is 46.2 Å². The molecule has 0 atom stereocenters. The van der Waals surface area contributed by atoms with Gasteiger partial charge in [0.1, 0.15) is 5.75 Å². The van der Waals surface area contributed by atoms with E-state index >= 15 is 0 Å². The summed E-state index contributed by atoms with van der Waals surface area (Å²) in [7, 11) is 4.78.